The average Bonchev–Trinajstić information content (AvgIpc) is 2.34. The topological polar surface area (TPSA) is 9.23 Å². The molecule has 0 radical (unpaired) electrons. The molecule has 1 heteroatoms. The summed E-state index contributed by atoms with van der Waals surface area (Å²) in [5.41, 5.74) is 4.90. The Morgan fingerprint density at radius 1 is 0.889 bits per heavy atom. The molecule has 0 unspecified atom stereocenters. The summed E-state index contributed by atoms with van der Waals surface area (Å²) in [5, 5.41) is 0. The Morgan fingerprint density at radius 3 is 2.00 bits per heavy atom. The number of aryl methyl sites for hydroxylation is 3. The van der Waals surface area contributed by atoms with E-state index in [2.05, 4.69) is 52.0 Å². The van der Waals surface area contributed by atoms with Crippen molar-refractivity contribution in [2.75, 3.05) is 0 Å². The van der Waals surface area contributed by atoms with Crippen LogP contribution in [0.5, 0.6) is 5.75 Å². The van der Waals surface area contributed by atoms with Gasteiger partial charge in [0, 0.05) is 0 Å². The van der Waals surface area contributed by atoms with Crippen molar-refractivity contribution in [1.82, 2.24) is 0 Å². The first-order chi connectivity index (χ1) is 8.58. The van der Waals surface area contributed by atoms with E-state index in [-0.39, 0.29) is 6.10 Å². The van der Waals surface area contributed by atoms with Gasteiger partial charge in [0.15, 0.2) is 0 Å². The first kappa shape index (κ1) is 12.7. The third kappa shape index (κ3) is 2.73. The Labute approximate surface area is 109 Å². The van der Waals surface area contributed by atoms with Crippen LogP contribution in [0.1, 0.15) is 35.3 Å². The summed E-state index contributed by atoms with van der Waals surface area (Å²) in [6, 6.07) is 14.7. The molecule has 0 fully saturated rings. The van der Waals surface area contributed by atoms with Crippen LogP contribution in [0.15, 0.2) is 42.5 Å². The normalized spacial score (nSPS) is 12.2. The minimum atomic E-state index is 0.0753. The summed E-state index contributed by atoms with van der Waals surface area (Å²) in [6.45, 7) is 8.42. The molecule has 0 spiro atoms. The predicted octanol–water partition coefficient (Wildman–Crippen LogP) is 4.75. The second-order valence-corrected chi connectivity index (χ2v) is 4.90. The average molecular weight is 240 g/mol. The van der Waals surface area contributed by atoms with E-state index in [1.807, 2.05) is 18.2 Å². The lowest BCUT2D eigenvalue weighted by Gasteiger charge is -2.19. The van der Waals surface area contributed by atoms with Crippen LogP contribution >= 0.6 is 0 Å². The van der Waals surface area contributed by atoms with Gasteiger partial charge in [-0.05, 0) is 44.4 Å². The highest BCUT2D eigenvalue weighted by atomic mass is 16.5. The van der Waals surface area contributed by atoms with Gasteiger partial charge in [-0.3, -0.25) is 0 Å². The molecule has 0 aliphatic heterocycles. The molecule has 0 saturated heterocycles. The lowest BCUT2D eigenvalue weighted by Crippen LogP contribution is -2.05. The van der Waals surface area contributed by atoms with Gasteiger partial charge < -0.3 is 4.74 Å². The van der Waals surface area contributed by atoms with E-state index >= 15 is 0 Å². The van der Waals surface area contributed by atoms with Crippen molar-refractivity contribution in [3.63, 3.8) is 0 Å². The molecular formula is C17H20O. The molecule has 1 nitrogen and oxygen atoms in total. The smallest absolute Gasteiger partial charge is 0.126 e. The Kier molecular flexibility index (Phi) is 3.71. The van der Waals surface area contributed by atoms with Crippen molar-refractivity contribution in [3.8, 4) is 5.75 Å². The molecule has 0 heterocycles. The minimum absolute atomic E-state index is 0.0753. The number of hydrogen-bond donors (Lipinski definition) is 0. The molecular weight excluding hydrogens is 220 g/mol. The van der Waals surface area contributed by atoms with Crippen molar-refractivity contribution < 1.29 is 4.74 Å². The molecule has 0 aliphatic rings. The maximum atomic E-state index is 6.12. The molecule has 94 valence electrons. The monoisotopic (exact) mass is 240 g/mol. The van der Waals surface area contributed by atoms with Crippen molar-refractivity contribution in [2.24, 2.45) is 0 Å². The maximum absolute atomic E-state index is 6.12. The predicted molar refractivity (Wildman–Crippen MR) is 76.1 cm³/mol. The molecule has 2 aromatic carbocycles. The second kappa shape index (κ2) is 5.26. The third-order valence-corrected chi connectivity index (χ3v) is 3.17. The standard InChI is InChI=1S/C17H20O/c1-12-10-13(2)17(14(3)11-12)18-15(4)16-8-6-5-7-9-16/h5-11,15H,1-4H3/t15-/m0/s1. The summed E-state index contributed by atoms with van der Waals surface area (Å²) in [6.07, 6.45) is 0.0753. The fraction of sp³-hybridized carbons (Fsp3) is 0.294. The number of hydrogen-bond acceptors (Lipinski definition) is 1. The van der Waals surface area contributed by atoms with Gasteiger partial charge in [-0.2, -0.15) is 0 Å². The quantitative estimate of drug-likeness (QED) is 0.752. The van der Waals surface area contributed by atoms with Crippen LogP contribution in [0.25, 0.3) is 0 Å². The van der Waals surface area contributed by atoms with Gasteiger partial charge in [0.2, 0.25) is 0 Å². The molecule has 1 atom stereocenters. The van der Waals surface area contributed by atoms with E-state index in [0.717, 1.165) is 5.75 Å². The van der Waals surface area contributed by atoms with E-state index in [9.17, 15) is 0 Å². The molecule has 2 aromatic rings. The zero-order chi connectivity index (χ0) is 13.1. The van der Waals surface area contributed by atoms with Gasteiger partial charge in [-0.25, -0.2) is 0 Å². The molecule has 0 aliphatic carbocycles. The summed E-state index contributed by atoms with van der Waals surface area (Å²) in [4.78, 5) is 0. The fourth-order valence-electron chi connectivity index (χ4n) is 2.32. The highest BCUT2D eigenvalue weighted by Crippen LogP contribution is 2.29. The largest absolute Gasteiger partial charge is 0.485 e. The van der Waals surface area contributed by atoms with Gasteiger partial charge in [-0.15, -0.1) is 0 Å². The SMILES string of the molecule is Cc1cc(C)c(O[C@@H](C)c2ccccc2)c(C)c1. The van der Waals surface area contributed by atoms with Crippen LogP contribution in [0.3, 0.4) is 0 Å². The first-order valence-corrected chi connectivity index (χ1v) is 6.37. The lowest BCUT2D eigenvalue weighted by molar-refractivity contribution is 0.224. The third-order valence-electron chi connectivity index (χ3n) is 3.17. The Balaban J connectivity index is 2.25. The van der Waals surface area contributed by atoms with Crippen LogP contribution in [0.2, 0.25) is 0 Å². The maximum Gasteiger partial charge on any atom is 0.126 e. The summed E-state index contributed by atoms with van der Waals surface area (Å²) in [5.74, 6) is 1.01. The summed E-state index contributed by atoms with van der Waals surface area (Å²) in [7, 11) is 0. The number of benzene rings is 2. The Hall–Kier alpha value is -1.76. The molecule has 18 heavy (non-hydrogen) atoms. The summed E-state index contributed by atoms with van der Waals surface area (Å²) >= 11 is 0. The van der Waals surface area contributed by atoms with E-state index in [1.54, 1.807) is 0 Å². The van der Waals surface area contributed by atoms with Gasteiger partial charge in [0.1, 0.15) is 11.9 Å². The molecule has 0 amide bonds. The van der Waals surface area contributed by atoms with Crippen LogP contribution in [0, 0.1) is 20.8 Å². The van der Waals surface area contributed by atoms with Crippen LogP contribution in [0.4, 0.5) is 0 Å². The Morgan fingerprint density at radius 2 is 1.44 bits per heavy atom. The number of rotatable bonds is 3. The molecule has 0 saturated carbocycles. The second-order valence-electron chi connectivity index (χ2n) is 4.90. The zero-order valence-electron chi connectivity index (χ0n) is 11.5. The van der Waals surface area contributed by atoms with Gasteiger partial charge in [0.25, 0.3) is 0 Å². The zero-order valence-corrected chi connectivity index (χ0v) is 11.5. The highest BCUT2D eigenvalue weighted by molar-refractivity contribution is 5.43. The van der Waals surface area contributed by atoms with Crippen LogP contribution < -0.4 is 4.74 Å². The van der Waals surface area contributed by atoms with E-state index in [4.69, 9.17) is 4.74 Å². The fourth-order valence-corrected chi connectivity index (χ4v) is 2.32. The molecule has 0 N–H and O–H groups in total. The molecule has 0 bridgehead atoms. The van der Waals surface area contributed by atoms with Gasteiger partial charge in [-0.1, -0.05) is 48.0 Å². The van der Waals surface area contributed by atoms with Gasteiger partial charge in [0.05, 0.1) is 0 Å². The van der Waals surface area contributed by atoms with Crippen molar-refractivity contribution in [2.45, 2.75) is 33.8 Å². The Bertz CT molecular complexity index is 506. The molecule has 0 aromatic heterocycles. The van der Waals surface area contributed by atoms with Crippen molar-refractivity contribution in [1.29, 1.82) is 0 Å². The summed E-state index contributed by atoms with van der Waals surface area (Å²) < 4.78 is 6.12. The molecule has 2 rings (SSSR count). The van der Waals surface area contributed by atoms with E-state index < -0.39 is 0 Å². The number of ether oxygens (including phenoxy) is 1. The van der Waals surface area contributed by atoms with Crippen LogP contribution in [-0.2, 0) is 0 Å². The van der Waals surface area contributed by atoms with E-state index in [0.29, 0.717) is 0 Å². The van der Waals surface area contributed by atoms with E-state index in [1.165, 1.54) is 22.3 Å². The highest BCUT2D eigenvalue weighted by Gasteiger charge is 2.11. The minimum Gasteiger partial charge on any atom is -0.485 e. The van der Waals surface area contributed by atoms with Crippen LogP contribution in [-0.4, -0.2) is 0 Å². The van der Waals surface area contributed by atoms with Gasteiger partial charge >= 0.3 is 0 Å². The van der Waals surface area contributed by atoms with Crippen molar-refractivity contribution >= 4 is 0 Å². The first-order valence-electron chi connectivity index (χ1n) is 6.37. The lowest BCUT2D eigenvalue weighted by atomic mass is 10.1. The van der Waals surface area contributed by atoms with Crippen molar-refractivity contribution in [3.05, 3.63) is 64.7 Å².